The zero-order valence-corrected chi connectivity index (χ0v) is 16.2. The molecule has 2 unspecified atom stereocenters. The molecular formula is C22H27N3O2. The van der Waals surface area contributed by atoms with Crippen LogP contribution in [0.15, 0.2) is 48.5 Å². The van der Waals surface area contributed by atoms with Gasteiger partial charge in [0.2, 0.25) is 11.8 Å². The Hall–Kier alpha value is -2.82. The molecule has 0 aliphatic heterocycles. The van der Waals surface area contributed by atoms with E-state index in [-0.39, 0.29) is 23.7 Å². The summed E-state index contributed by atoms with van der Waals surface area (Å²) >= 11 is 0. The maximum Gasteiger partial charge on any atom is 0.228 e. The Kier molecular flexibility index (Phi) is 5.79. The number of anilines is 3. The van der Waals surface area contributed by atoms with E-state index in [4.69, 9.17) is 0 Å². The van der Waals surface area contributed by atoms with Gasteiger partial charge < -0.3 is 15.5 Å². The SMILES string of the molecule is CCN(CC)c1ccc(NC(=O)C2CC2C(=O)Nc2ccccc2C)cc1. The molecule has 0 saturated heterocycles. The van der Waals surface area contributed by atoms with Gasteiger partial charge in [-0.2, -0.15) is 0 Å². The Morgan fingerprint density at radius 3 is 2.11 bits per heavy atom. The molecule has 2 aromatic rings. The Balaban J connectivity index is 1.54. The average Bonchev–Trinajstić information content (AvgIpc) is 3.47. The number of amides is 2. The van der Waals surface area contributed by atoms with Crippen LogP contribution in [0.5, 0.6) is 0 Å². The highest BCUT2D eigenvalue weighted by Crippen LogP contribution is 2.40. The normalized spacial score (nSPS) is 17.9. The molecule has 0 heterocycles. The van der Waals surface area contributed by atoms with E-state index in [9.17, 15) is 9.59 Å². The third-order valence-corrected chi connectivity index (χ3v) is 5.13. The van der Waals surface area contributed by atoms with E-state index in [1.165, 1.54) is 0 Å². The number of nitrogens with one attached hydrogen (secondary N) is 2. The van der Waals surface area contributed by atoms with Gasteiger partial charge in [0.15, 0.2) is 0 Å². The number of hydrogen-bond donors (Lipinski definition) is 2. The molecule has 2 aromatic carbocycles. The van der Waals surface area contributed by atoms with E-state index in [1.807, 2.05) is 55.5 Å². The zero-order valence-electron chi connectivity index (χ0n) is 16.2. The smallest absolute Gasteiger partial charge is 0.228 e. The molecule has 0 spiro atoms. The van der Waals surface area contributed by atoms with E-state index in [0.717, 1.165) is 35.7 Å². The fourth-order valence-electron chi connectivity index (χ4n) is 3.29. The highest BCUT2D eigenvalue weighted by molar-refractivity contribution is 6.03. The van der Waals surface area contributed by atoms with Crippen LogP contribution in [-0.4, -0.2) is 24.9 Å². The summed E-state index contributed by atoms with van der Waals surface area (Å²) in [6.07, 6.45) is 0.598. The maximum atomic E-state index is 12.4. The highest BCUT2D eigenvalue weighted by Gasteiger charge is 2.48. The molecule has 2 amide bonds. The van der Waals surface area contributed by atoms with Gasteiger partial charge in [0, 0.05) is 30.2 Å². The zero-order chi connectivity index (χ0) is 19.4. The van der Waals surface area contributed by atoms with Crippen LogP contribution in [0.2, 0.25) is 0 Å². The monoisotopic (exact) mass is 365 g/mol. The Bertz CT molecular complexity index is 813. The molecule has 0 radical (unpaired) electrons. The second-order valence-electron chi connectivity index (χ2n) is 6.96. The van der Waals surface area contributed by atoms with E-state index < -0.39 is 0 Å². The van der Waals surface area contributed by atoms with Crippen molar-refractivity contribution in [1.29, 1.82) is 0 Å². The Morgan fingerprint density at radius 2 is 1.52 bits per heavy atom. The molecule has 5 heteroatoms. The maximum absolute atomic E-state index is 12.4. The molecule has 3 rings (SSSR count). The van der Waals surface area contributed by atoms with Crippen LogP contribution in [-0.2, 0) is 9.59 Å². The summed E-state index contributed by atoms with van der Waals surface area (Å²) < 4.78 is 0. The molecule has 1 aliphatic carbocycles. The van der Waals surface area contributed by atoms with E-state index >= 15 is 0 Å². The molecule has 142 valence electrons. The molecule has 1 fully saturated rings. The lowest BCUT2D eigenvalue weighted by atomic mass is 10.2. The minimum Gasteiger partial charge on any atom is -0.372 e. The van der Waals surface area contributed by atoms with Gasteiger partial charge >= 0.3 is 0 Å². The molecule has 5 nitrogen and oxygen atoms in total. The molecule has 0 bridgehead atoms. The summed E-state index contributed by atoms with van der Waals surface area (Å²) in [5.74, 6) is -0.673. The number of para-hydroxylation sites is 1. The largest absolute Gasteiger partial charge is 0.372 e. The summed E-state index contributed by atoms with van der Waals surface area (Å²) in [6.45, 7) is 8.08. The van der Waals surface area contributed by atoms with Crippen molar-refractivity contribution in [3.8, 4) is 0 Å². The lowest BCUT2D eigenvalue weighted by Crippen LogP contribution is -2.22. The minimum atomic E-state index is -0.253. The Morgan fingerprint density at radius 1 is 0.926 bits per heavy atom. The first-order valence-electron chi connectivity index (χ1n) is 9.55. The van der Waals surface area contributed by atoms with Crippen LogP contribution in [0, 0.1) is 18.8 Å². The lowest BCUT2D eigenvalue weighted by molar-refractivity contribution is -0.122. The second kappa shape index (κ2) is 8.25. The predicted molar refractivity (Wildman–Crippen MR) is 110 cm³/mol. The Labute approximate surface area is 160 Å². The lowest BCUT2D eigenvalue weighted by Gasteiger charge is -2.21. The average molecular weight is 365 g/mol. The van der Waals surface area contributed by atoms with Gasteiger partial charge in [-0.05, 0) is 63.1 Å². The van der Waals surface area contributed by atoms with Crippen LogP contribution < -0.4 is 15.5 Å². The molecule has 2 N–H and O–H groups in total. The van der Waals surface area contributed by atoms with Crippen LogP contribution in [0.4, 0.5) is 17.1 Å². The second-order valence-corrected chi connectivity index (χ2v) is 6.96. The van der Waals surface area contributed by atoms with Crippen molar-refractivity contribution in [1.82, 2.24) is 0 Å². The minimum absolute atomic E-state index is 0.0821. The summed E-state index contributed by atoms with van der Waals surface area (Å²) in [5, 5.41) is 5.86. The summed E-state index contributed by atoms with van der Waals surface area (Å²) in [4.78, 5) is 27.1. The van der Waals surface area contributed by atoms with Gasteiger partial charge in [-0.3, -0.25) is 9.59 Å². The highest BCUT2D eigenvalue weighted by atomic mass is 16.2. The van der Waals surface area contributed by atoms with Crippen molar-refractivity contribution in [2.45, 2.75) is 27.2 Å². The van der Waals surface area contributed by atoms with Crippen LogP contribution >= 0.6 is 0 Å². The van der Waals surface area contributed by atoms with Gasteiger partial charge in [-0.25, -0.2) is 0 Å². The number of carbonyl (C=O) groups excluding carboxylic acids is 2. The number of nitrogens with zero attached hydrogens (tertiary/aromatic N) is 1. The number of rotatable bonds is 7. The predicted octanol–water partition coefficient (Wildman–Crippen LogP) is 4.05. The molecule has 1 saturated carbocycles. The first kappa shape index (κ1) is 19.0. The van der Waals surface area contributed by atoms with Crippen molar-refractivity contribution in [2.75, 3.05) is 28.6 Å². The van der Waals surface area contributed by atoms with Crippen LogP contribution in [0.25, 0.3) is 0 Å². The third-order valence-electron chi connectivity index (χ3n) is 5.13. The molecular weight excluding hydrogens is 338 g/mol. The summed E-state index contributed by atoms with van der Waals surface area (Å²) in [5.41, 5.74) is 3.72. The van der Waals surface area contributed by atoms with Gasteiger partial charge in [0.05, 0.1) is 11.8 Å². The fourth-order valence-corrected chi connectivity index (χ4v) is 3.29. The number of carbonyl (C=O) groups is 2. The fraction of sp³-hybridized carbons (Fsp3) is 0.364. The molecule has 0 aromatic heterocycles. The first-order valence-corrected chi connectivity index (χ1v) is 9.55. The quantitative estimate of drug-likeness (QED) is 0.778. The van der Waals surface area contributed by atoms with Gasteiger partial charge in [-0.1, -0.05) is 18.2 Å². The standard InChI is InChI=1S/C22H27N3O2/c1-4-25(5-2)17-12-10-16(11-13-17)23-21(26)18-14-19(18)22(27)24-20-9-7-6-8-15(20)3/h6-13,18-19H,4-5,14H2,1-3H3,(H,23,26)(H,24,27). The van der Waals surface area contributed by atoms with Crippen LogP contribution in [0.1, 0.15) is 25.8 Å². The van der Waals surface area contributed by atoms with Gasteiger partial charge in [0.1, 0.15) is 0 Å². The van der Waals surface area contributed by atoms with E-state index in [0.29, 0.717) is 6.42 Å². The molecule has 2 atom stereocenters. The van der Waals surface area contributed by atoms with Crippen molar-refractivity contribution in [2.24, 2.45) is 11.8 Å². The number of aryl methyl sites for hydroxylation is 1. The number of benzene rings is 2. The summed E-state index contributed by atoms with van der Waals surface area (Å²) in [6, 6.07) is 15.5. The van der Waals surface area contributed by atoms with Gasteiger partial charge in [-0.15, -0.1) is 0 Å². The van der Waals surface area contributed by atoms with Crippen molar-refractivity contribution >= 4 is 28.9 Å². The topological polar surface area (TPSA) is 61.4 Å². The molecule has 1 aliphatic rings. The molecule has 27 heavy (non-hydrogen) atoms. The van der Waals surface area contributed by atoms with Crippen molar-refractivity contribution < 1.29 is 9.59 Å². The van der Waals surface area contributed by atoms with Crippen molar-refractivity contribution in [3.05, 3.63) is 54.1 Å². The van der Waals surface area contributed by atoms with E-state index in [1.54, 1.807) is 0 Å². The van der Waals surface area contributed by atoms with Crippen LogP contribution in [0.3, 0.4) is 0 Å². The third kappa shape index (κ3) is 4.48. The van der Waals surface area contributed by atoms with Crippen molar-refractivity contribution in [3.63, 3.8) is 0 Å². The first-order chi connectivity index (χ1) is 13.0. The number of hydrogen-bond acceptors (Lipinski definition) is 3. The van der Waals surface area contributed by atoms with Gasteiger partial charge in [0.25, 0.3) is 0 Å². The summed E-state index contributed by atoms with van der Waals surface area (Å²) in [7, 11) is 0. The van der Waals surface area contributed by atoms with E-state index in [2.05, 4.69) is 29.4 Å².